The summed E-state index contributed by atoms with van der Waals surface area (Å²) in [6, 6.07) is 21.1. The van der Waals surface area contributed by atoms with E-state index in [1.165, 1.54) is 0 Å². The van der Waals surface area contributed by atoms with Crippen molar-refractivity contribution in [1.82, 2.24) is 5.32 Å². The Kier molecular flexibility index (Phi) is 5.54. The van der Waals surface area contributed by atoms with E-state index in [9.17, 15) is 10.5 Å². The molecule has 0 aliphatic rings. The van der Waals surface area contributed by atoms with Gasteiger partial charge in [0.15, 0.2) is 5.92 Å². The van der Waals surface area contributed by atoms with Crippen LogP contribution in [0.4, 0.5) is 0 Å². The maximum absolute atomic E-state index is 9.19. The number of benzene rings is 2. The summed E-state index contributed by atoms with van der Waals surface area (Å²) in [6.45, 7) is 0.573. The van der Waals surface area contributed by atoms with Gasteiger partial charge in [-0.2, -0.15) is 10.5 Å². The predicted octanol–water partition coefficient (Wildman–Crippen LogP) is 3.19. The van der Waals surface area contributed by atoms with E-state index >= 15 is 0 Å². The fourth-order valence-corrected chi connectivity index (χ4v) is 2.24. The van der Waals surface area contributed by atoms with Crippen LogP contribution in [0.5, 0.6) is 5.75 Å². The fourth-order valence-electron chi connectivity index (χ4n) is 2.24. The van der Waals surface area contributed by atoms with Gasteiger partial charge in [-0.25, -0.2) is 0 Å². The Morgan fingerprint density at radius 1 is 1.00 bits per heavy atom. The number of ether oxygens (including phenoxy) is 1. The molecule has 4 nitrogen and oxygen atoms in total. The van der Waals surface area contributed by atoms with E-state index in [2.05, 4.69) is 17.5 Å². The Bertz CT molecular complexity index is 654. The molecule has 1 atom stereocenters. The molecule has 4 heteroatoms. The van der Waals surface area contributed by atoms with Crippen molar-refractivity contribution in [2.24, 2.45) is 5.92 Å². The third-order valence-electron chi connectivity index (χ3n) is 3.46. The highest BCUT2D eigenvalue weighted by atomic mass is 16.5. The third-order valence-corrected chi connectivity index (χ3v) is 3.46. The second-order valence-corrected chi connectivity index (χ2v) is 4.85. The summed E-state index contributed by atoms with van der Waals surface area (Å²) in [6.07, 6.45) is 0. The SMILES string of the molecule is COc1ccc(CNC(c2ccccc2)C(C#N)C#N)cc1. The molecule has 0 radical (unpaired) electrons. The first-order valence-corrected chi connectivity index (χ1v) is 6.99. The van der Waals surface area contributed by atoms with Gasteiger partial charge in [0.1, 0.15) is 5.75 Å². The highest BCUT2D eigenvalue weighted by Gasteiger charge is 2.22. The van der Waals surface area contributed by atoms with Crippen molar-refractivity contribution in [2.45, 2.75) is 12.6 Å². The lowest BCUT2D eigenvalue weighted by atomic mass is 9.95. The molecule has 0 aliphatic carbocycles. The van der Waals surface area contributed by atoms with Crippen molar-refractivity contribution in [3.8, 4) is 17.9 Å². The van der Waals surface area contributed by atoms with Crippen LogP contribution in [-0.4, -0.2) is 7.11 Å². The van der Waals surface area contributed by atoms with Crippen LogP contribution in [0.2, 0.25) is 0 Å². The third kappa shape index (κ3) is 3.85. The van der Waals surface area contributed by atoms with Crippen molar-refractivity contribution < 1.29 is 4.74 Å². The van der Waals surface area contributed by atoms with Gasteiger partial charge in [-0.15, -0.1) is 0 Å². The quantitative estimate of drug-likeness (QED) is 0.887. The zero-order valence-corrected chi connectivity index (χ0v) is 12.4. The molecule has 0 saturated carbocycles. The van der Waals surface area contributed by atoms with Crippen LogP contribution in [0, 0.1) is 28.6 Å². The maximum atomic E-state index is 9.19. The summed E-state index contributed by atoms with van der Waals surface area (Å²) in [4.78, 5) is 0. The summed E-state index contributed by atoms with van der Waals surface area (Å²) < 4.78 is 5.13. The van der Waals surface area contributed by atoms with Crippen molar-refractivity contribution in [2.75, 3.05) is 7.11 Å². The molecule has 0 saturated heterocycles. The number of nitriles is 2. The minimum absolute atomic E-state index is 0.321. The number of hydrogen-bond acceptors (Lipinski definition) is 4. The van der Waals surface area contributed by atoms with E-state index in [0.717, 1.165) is 16.9 Å². The lowest BCUT2D eigenvalue weighted by molar-refractivity contribution is 0.414. The van der Waals surface area contributed by atoms with Crippen LogP contribution in [0.25, 0.3) is 0 Å². The van der Waals surface area contributed by atoms with E-state index in [0.29, 0.717) is 6.54 Å². The highest BCUT2D eigenvalue weighted by Crippen LogP contribution is 2.22. The first-order chi connectivity index (χ1) is 10.8. The summed E-state index contributed by atoms with van der Waals surface area (Å²) in [7, 11) is 1.63. The van der Waals surface area contributed by atoms with E-state index in [1.807, 2.05) is 54.6 Å². The van der Waals surface area contributed by atoms with Crippen molar-refractivity contribution in [3.05, 3.63) is 65.7 Å². The molecule has 0 amide bonds. The molecule has 2 rings (SSSR count). The molecule has 0 aliphatic heterocycles. The molecule has 2 aromatic carbocycles. The van der Waals surface area contributed by atoms with Crippen LogP contribution in [0.1, 0.15) is 17.2 Å². The molecule has 0 aromatic heterocycles. The lowest BCUT2D eigenvalue weighted by Gasteiger charge is -2.20. The maximum Gasteiger partial charge on any atom is 0.152 e. The van der Waals surface area contributed by atoms with E-state index in [4.69, 9.17) is 4.74 Å². The standard InChI is InChI=1S/C18H17N3O/c1-22-17-9-7-14(8-10-17)13-21-18(16(11-19)12-20)15-5-3-2-4-6-15/h2-10,16,18,21H,13H2,1H3. The monoisotopic (exact) mass is 291 g/mol. The normalized spacial score (nSPS) is 11.5. The zero-order chi connectivity index (χ0) is 15.8. The topological polar surface area (TPSA) is 68.8 Å². The number of nitrogens with one attached hydrogen (secondary N) is 1. The largest absolute Gasteiger partial charge is 0.497 e. The summed E-state index contributed by atoms with van der Waals surface area (Å²) in [5, 5.41) is 21.7. The number of rotatable bonds is 6. The Hall–Kier alpha value is -2.82. The van der Waals surface area contributed by atoms with Crippen LogP contribution < -0.4 is 10.1 Å². The summed E-state index contributed by atoms with van der Waals surface area (Å²) in [5.41, 5.74) is 2.00. The van der Waals surface area contributed by atoms with Gasteiger partial charge in [-0.3, -0.25) is 0 Å². The van der Waals surface area contributed by atoms with Gasteiger partial charge in [-0.05, 0) is 23.3 Å². The molecule has 0 heterocycles. The van der Waals surface area contributed by atoms with Crippen molar-refractivity contribution >= 4 is 0 Å². The summed E-state index contributed by atoms with van der Waals surface area (Å²) >= 11 is 0. The minimum atomic E-state index is -0.736. The first-order valence-electron chi connectivity index (χ1n) is 6.99. The number of methoxy groups -OCH3 is 1. The smallest absolute Gasteiger partial charge is 0.152 e. The van der Waals surface area contributed by atoms with Gasteiger partial charge < -0.3 is 10.1 Å². The molecule has 0 bridgehead atoms. The van der Waals surface area contributed by atoms with Gasteiger partial charge >= 0.3 is 0 Å². The molecular formula is C18H17N3O. The fraction of sp³-hybridized carbons (Fsp3) is 0.222. The van der Waals surface area contributed by atoms with E-state index in [1.54, 1.807) is 7.11 Å². The molecular weight excluding hydrogens is 274 g/mol. The van der Waals surface area contributed by atoms with Crippen LogP contribution in [0.15, 0.2) is 54.6 Å². The highest BCUT2D eigenvalue weighted by molar-refractivity contribution is 5.28. The second-order valence-electron chi connectivity index (χ2n) is 4.85. The zero-order valence-electron chi connectivity index (χ0n) is 12.4. The molecule has 0 fully saturated rings. The van der Waals surface area contributed by atoms with Crippen molar-refractivity contribution in [3.63, 3.8) is 0 Å². The molecule has 2 aromatic rings. The average molecular weight is 291 g/mol. The minimum Gasteiger partial charge on any atom is -0.497 e. The van der Waals surface area contributed by atoms with Gasteiger partial charge in [0, 0.05) is 6.54 Å². The second kappa shape index (κ2) is 7.83. The Morgan fingerprint density at radius 2 is 1.64 bits per heavy atom. The van der Waals surface area contributed by atoms with Crippen molar-refractivity contribution in [1.29, 1.82) is 10.5 Å². The van der Waals surface area contributed by atoms with Gasteiger partial charge in [0.25, 0.3) is 0 Å². The first kappa shape index (κ1) is 15.6. The molecule has 0 spiro atoms. The molecule has 1 N–H and O–H groups in total. The van der Waals surface area contributed by atoms with Crippen LogP contribution >= 0.6 is 0 Å². The van der Waals surface area contributed by atoms with Gasteiger partial charge in [-0.1, -0.05) is 42.5 Å². The molecule has 22 heavy (non-hydrogen) atoms. The Morgan fingerprint density at radius 3 is 2.18 bits per heavy atom. The lowest BCUT2D eigenvalue weighted by Crippen LogP contribution is -2.26. The molecule has 1 unspecified atom stereocenters. The van der Waals surface area contributed by atoms with E-state index < -0.39 is 5.92 Å². The van der Waals surface area contributed by atoms with E-state index in [-0.39, 0.29) is 6.04 Å². The van der Waals surface area contributed by atoms with Crippen LogP contribution in [0.3, 0.4) is 0 Å². The van der Waals surface area contributed by atoms with Crippen LogP contribution in [-0.2, 0) is 6.54 Å². The average Bonchev–Trinajstić information content (AvgIpc) is 2.60. The number of nitrogens with zero attached hydrogens (tertiary/aromatic N) is 2. The summed E-state index contributed by atoms with van der Waals surface area (Å²) in [5.74, 6) is 0.0657. The Balaban J connectivity index is 2.13. The van der Waals surface area contributed by atoms with Gasteiger partial charge in [0.2, 0.25) is 0 Å². The number of hydrogen-bond donors (Lipinski definition) is 1. The predicted molar refractivity (Wildman–Crippen MR) is 83.7 cm³/mol. The molecule has 110 valence electrons. The Labute approximate surface area is 130 Å². The van der Waals surface area contributed by atoms with Gasteiger partial charge in [0.05, 0.1) is 25.3 Å².